The van der Waals surface area contributed by atoms with Gasteiger partial charge in [-0.05, 0) is 61.8 Å². The number of hydrogen-bond donors (Lipinski definition) is 1. The van der Waals surface area contributed by atoms with Crippen LogP contribution in [0.1, 0.15) is 33.5 Å². The van der Waals surface area contributed by atoms with Gasteiger partial charge >= 0.3 is 6.09 Å². The molecule has 0 radical (unpaired) electrons. The Bertz CT molecular complexity index is 699. The molecule has 6 heteroatoms. The molecule has 0 aromatic heterocycles. The number of carbonyl (C=O) groups is 2. The molecule has 28 heavy (non-hydrogen) atoms. The van der Waals surface area contributed by atoms with Crippen molar-refractivity contribution in [2.24, 2.45) is 11.8 Å². The van der Waals surface area contributed by atoms with Crippen LogP contribution in [0.3, 0.4) is 0 Å². The molecule has 4 saturated heterocycles. The molecule has 0 aromatic carbocycles. The van der Waals surface area contributed by atoms with E-state index >= 15 is 0 Å². The van der Waals surface area contributed by atoms with Crippen LogP contribution in [0.15, 0.2) is 36.5 Å². The minimum absolute atomic E-state index is 0. The Hall–Kier alpha value is -2.08. The zero-order valence-corrected chi connectivity index (χ0v) is 16.6. The van der Waals surface area contributed by atoms with Gasteiger partial charge in [0.1, 0.15) is 6.10 Å². The van der Waals surface area contributed by atoms with Gasteiger partial charge in [-0.25, -0.2) is 4.79 Å². The Morgan fingerprint density at radius 2 is 1.93 bits per heavy atom. The van der Waals surface area contributed by atoms with Crippen LogP contribution in [0.25, 0.3) is 0 Å². The summed E-state index contributed by atoms with van der Waals surface area (Å²) in [6.07, 6.45) is 7.70. The summed E-state index contributed by atoms with van der Waals surface area (Å²) in [6.45, 7) is 12.3. The van der Waals surface area contributed by atoms with Crippen LogP contribution < -0.4 is 5.32 Å². The van der Waals surface area contributed by atoms with Gasteiger partial charge < -0.3 is 15.0 Å². The average Bonchev–Trinajstić information content (AvgIpc) is 2.73. The maximum absolute atomic E-state index is 13.2. The second-order valence-corrected chi connectivity index (χ2v) is 8.44. The summed E-state index contributed by atoms with van der Waals surface area (Å²) in [7, 11) is 0. The van der Waals surface area contributed by atoms with Gasteiger partial charge in [0, 0.05) is 27.5 Å². The van der Waals surface area contributed by atoms with E-state index in [1.165, 1.54) is 0 Å². The van der Waals surface area contributed by atoms with Crippen LogP contribution in [-0.2, 0) is 9.53 Å². The van der Waals surface area contributed by atoms with E-state index in [-0.39, 0.29) is 31.5 Å². The fourth-order valence-electron chi connectivity index (χ4n) is 5.39. The van der Waals surface area contributed by atoms with Gasteiger partial charge in [-0.15, -0.1) is 0 Å². The van der Waals surface area contributed by atoms with Crippen molar-refractivity contribution in [1.82, 2.24) is 15.1 Å². The van der Waals surface area contributed by atoms with Crippen molar-refractivity contribution in [3.63, 3.8) is 0 Å². The van der Waals surface area contributed by atoms with E-state index in [0.717, 1.165) is 56.5 Å². The Labute approximate surface area is 168 Å². The molecule has 0 saturated carbocycles. The minimum atomic E-state index is -0.239. The van der Waals surface area contributed by atoms with Gasteiger partial charge in [-0.3, -0.25) is 9.69 Å². The van der Waals surface area contributed by atoms with Crippen LogP contribution >= 0.6 is 0 Å². The van der Waals surface area contributed by atoms with Gasteiger partial charge in [0.25, 0.3) is 0 Å². The Morgan fingerprint density at radius 1 is 1.14 bits per heavy atom. The lowest BCUT2D eigenvalue weighted by Gasteiger charge is -2.46. The van der Waals surface area contributed by atoms with Gasteiger partial charge in [0.15, 0.2) is 0 Å². The van der Waals surface area contributed by atoms with Crippen molar-refractivity contribution in [3.05, 3.63) is 36.5 Å². The SMILES string of the molecule is C=CC1=C(C=C)[C@@H](C2CCNC(=O)C2)N(C(=O)O[C@@H]2CN3CCC2CC3)CC1.[HH]. The van der Waals surface area contributed by atoms with Crippen LogP contribution in [0.2, 0.25) is 0 Å². The lowest BCUT2D eigenvalue weighted by Crippen LogP contribution is -2.56. The van der Waals surface area contributed by atoms with Crippen molar-refractivity contribution in [2.45, 2.75) is 44.2 Å². The van der Waals surface area contributed by atoms with Crippen molar-refractivity contribution >= 4 is 12.0 Å². The van der Waals surface area contributed by atoms with Crippen LogP contribution in [0, 0.1) is 11.8 Å². The number of carbonyl (C=O) groups excluding carboxylic acids is 2. The van der Waals surface area contributed by atoms with E-state index in [1.807, 2.05) is 17.1 Å². The molecule has 1 N–H and O–H groups in total. The van der Waals surface area contributed by atoms with Crippen LogP contribution in [-0.4, -0.2) is 66.7 Å². The summed E-state index contributed by atoms with van der Waals surface area (Å²) in [6, 6.07) is -0.168. The number of allylic oxidation sites excluding steroid dienone is 1. The molecule has 5 aliphatic heterocycles. The Kier molecular flexibility index (Phi) is 5.58. The molecule has 3 atom stereocenters. The molecule has 0 spiro atoms. The third kappa shape index (κ3) is 3.62. The van der Waals surface area contributed by atoms with E-state index in [0.29, 0.717) is 25.4 Å². The molecule has 0 aromatic rings. The smallest absolute Gasteiger partial charge is 0.410 e. The lowest BCUT2D eigenvalue weighted by atomic mass is 9.80. The van der Waals surface area contributed by atoms with Crippen LogP contribution in [0.4, 0.5) is 4.79 Å². The zero-order valence-electron chi connectivity index (χ0n) is 16.6. The lowest BCUT2D eigenvalue weighted by molar-refractivity contribution is -0.124. The second-order valence-electron chi connectivity index (χ2n) is 8.44. The van der Waals surface area contributed by atoms with Crippen LogP contribution in [0.5, 0.6) is 0 Å². The van der Waals surface area contributed by atoms with Crippen molar-refractivity contribution in [2.75, 3.05) is 32.7 Å². The highest BCUT2D eigenvalue weighted by Gasteiger charge is 2.42. The zero-order chi connectivity index (χ0) is 19.7. The summed E-state index contributed by atoms with van der Waals surface area (Å²) in [5.41, 5.74) is 2.14. The first-order valence-electron chi connectivity index (χ1n) is 10.5. The number of nitrogens with zero attached hydrogens (tertiary/aromatic N) is 2. The standard InChI is InChI=1S/C22H31N3O3.H2/c1-3-15-8-12-25(21(18(15)4-2)17-5-9-23-20(26)13-17)22(27)28-19-14-24-10-6-16(19)7-11-24;/h3-4,16-17,19,21H,1-2,5-14H2,(H,23,26);1H/t17?,19-,21-;/m1./s1. The molecule has 5 aliphatic rings. The number of nitrogens with one attached hydrogen (secondary N) is 1. The maximum atomic E-state index is 13.2. The number of amides is 2. The largest absolute Gasteiger partial charge is 0.444 e. The number of fused-ring (bicyclic) bond motifs is 3. The molecule has 0 aliphatic carbocycles. The average molecular weight is 388 g/mol. The number of hydrogen-bond acceptors (Lipinski definition) is 4. The molecule has 2 bridgehead atoms. The van der Waals surface area contributed by atoms with Gasteiger partial charge in [0.05, 0.1) is 6.04 Å². The molecular formula is C22H33N3O3. The predicted molar refractivity (Wildman–Crippen MR) is 110 cm³/mol. The summed E-state index contributed by atoms with van der Waals surface area (Å²) < 4.78 is 6.04. The summed E-state index contributed by atoms with van der Waals surface area (Å²) in [5, 5.41) is 2.90. The second kappa shape index (κ2) is 8.11. The monoisotopic (exact) mass is 387 g/mol. The molecule has 4 fully saturated rings. The fraction of sp³-hybridized carbons (Fsp3) is 0.636. The molecular weight excluding hydrogens is 354 g/mol. The highest BCUT2D eigenvalue weighted by Crippen LogP contribution is 2.36. The summed E-state index contributed by atoms with van der Waals surface area (Å²) >= 11 is 0. The number of ether oxygens (including phenoxy) is 1. The van der Waals surface area contributed by atoms with Crippen molar-refractivity contribution < 1.29 is 15.8 Å². The van der Waals surface area contributed by atoms with Crippen molar-refractivity contribution in [3.8, 4) is 0 Å². The third-order valence-electron chi connectivity index (χ3n) is 6.93. The Balaban J connectivity index is 0.00000240. The molecule has 5 heterocycles. The van der Waals surface area contributed by atoms with E-state index in [9.17, 15) is 9.59 Å². The van der Waals surface area contributed by atoms with Gasteiger partial charge in [-0.1, -0.05) is 25.3 Å². The van der Waals surface area contributed by atoms with E-state index < -0.39 is 0 Å². The minimum Gasteiger partial charge on any atom is -0.444 e. The summed E-state index contributed by atoms with van der Waals surface area (Å²) in [5.74, 6) is 0.614. The third-order valence-corrected chi connectivity index (χ3v) is 6.93. The highest BCUT2D eigenvalue weighted by atomic mass is 16.6. The van der Waals surface area contributed by atoms with Gasteiger partial charge in [-0.2, -0.15) is 0 Å². The first-order valence-corrected chi connectivity index (χ1v) is 10.5. The molecule has 5 rings (SSSR count). The van der Waals surface area contributed by atoms with Crippen molar-refractivity contribution in [1.29, 1.82) is 0 Å². The summed E-state index contributed by atoms with van der Waals surface area (Å²) in [4.78, 5) is 29.5. The first-order chi connectivity index (χ1) is 13.6. The highest BCUT2D eigenvalue weighted by molar-refractivity contribution is 5.77. The number of rotatable bonds is 4. The Morgan fingerprint density at radius 3 is 2.54 bits per heavy atom. The fourth-order valence-corrected chi connectivity index (χ4v) is 5.39. The molecule has 2 amide bonds. The molecule has 154 valence electrons. The van der Waals surface area contributed by atoms with E-state index in [1.54, 1.807) is 0 Å². The maximum Gasteiger partial charge on any atom is 0.410 e. The first kappa shape index (κ1) is 19.2. The van der Waals surface area contributed by atoms with E-state index in [4.69, 9.17) is 4.74 Å². The quantitative estimate of drug-likeness (QED) is 0.806. The number of piperidine rings is 4. The van der Waals surface area contributed by atoms with Gasteiger partial charge in [0.2, 0.25) is 5.91 Å². The molecule has 6 nitrogen and oxygen atoms in total. The normalized spacial score (nSPS) is 35.4. The topological polar surface area (TPSA) is 61.9 Å². The van der Waals surface area contributed by atoms with E-state index in [2.05, 4.69) is 23.4 Å². The predicted octanol–water partition coefficient (Wildman–Crippen LogP) is 2.73. The molecule has 1 unspecified atom stereocenters.